The monoisotopic (exact) mass is 266 g/mol. The summed E-state index contributed by atoms with van der Waals surface area (Å²) in [5, 5.41) is 12.4. The molecule has 0 aliphatic heterocycles. The number of ether oxygens (including phenoxy) is 1. The average Bonchev–Trinajstić information content (AvgIpc) is 2.30. The highest BCUT2D eigenvalue weighted by molar-refractivity contribution is 5.97. The summed E-state index contributed by atoms with van der Waals surface area (Å²) in [5.74, 6) is 0.279. The van der Waals surface area contributed by atoms with E-state index in [1.807, 2.05) is 0 Å². The fourth-order valence-corrected chi connectivity index (χ4v) is 1.31. The summed E-state index contributed by atoms with van der Waals surface area (Å²) in [6.45, 7) is 7.11. The maximum Gasteiger partial charge on any atom is 0.231 e. The number of aromatic hydroxyl groups is 1. The van der Waals surface area contributed by atoms with Gasteiger partial charge in [0.1, 0.15) is 11.5 Å². The number of hydrogen-bond donors (Lipinski definition) is 3. The van der Waals surface area contributed by atoms with Gasteiger partial charge in [0, 0.05) is 11.6 Å². The maximum absolute atomic E-state index is 12.3. The minimum atomic E-state index is -0.789. The van der Waals surface area contributed by atoms with E-state index >= 15 is 0 Å². The van der Waals surface area contributed by atoms with Crippen molar-refractivity contribution < 1.29 is 14.6 Å². The Kier molecular flexibility index (Phi) is 4.10. The molecule has 0 radical (unpaired) electrons. The van der Waals surface area contributed by atoms with Gasteiger partial charge in [-0.1, -0.05) is 0 Å². The first-order valence-electron chi connectivity index (χ1n) is 6.07. The number of rotatable bonds is 4. The lowest BCUT2D eigenvalue weighted by Crippen LogP contribution is -2.53. The third-order valence-corrected chi connectivity index (χ3v) is 3.63. The molecule has 5 nitrogen and oxygen atoms in total. The second-order valence-corrected chi connectivity index (χ2v) is 5.68. The van der Waals surface area contributed by atoms with Gasteiger partial charge in [-0.3, -0.25) is 4.79 Å². The first-order chi connectivity index (χ1) is 8.59. The number of carbonyl (C=O) groups excluding carboxylic acids is 1. The van der Waals surface area contributed by atoms with Crippen LogP contribution in [-0.4, -0.2) is 23.7 Å². The van der Waals surface area contributed by atoms with Crippen LogP contribution in [-0.2, 0) is 4.79 Å². The van der Waals surface area contributed by atoms with Crippen LogP contribution in [0.15, 0.2) is 18.2 Å². The quantitative estimate of drug-likeness (QED) is 0.729. The molecule has 0 aromatic heterocycles. The van der Waals surface area contributed by atoms with E-state index in [0.717, 1.165) is 0 Å². The number of phenols is 1. The average molecular weight is 266 g/mol. The number of phenolic OH excluding ortho intramolecular Hbond substituents is 1. The second kappa shape index (κ2) is 5.09. The summed E-state index contributed by atoms with van der Waals surface area (Å²) in [6.07, 6.45) is 0. The zero-order valence-electron chi connectivity index (χ0n) is 12.1. The smallest absolute Gasteiger partial charge is 0.231 e. The van der Waals surface area contributed by atoms with Crippen LogP contribution >= 0.6 is 0 Å². The molecule has 1 aromatic carbocycles. The molecule has 106 valence electrons. The Bertz CT molecular complexity index is 476. The van der Waals surface area contributed by atoms with E-state index in [9.17, 15) is 9.90 Å². The van der Waals surface area contributed by atoms with Crippen molar-refractivity contribution in [1.29, 1.82) is 0 Å². The molecular formula is C14H22N2O3. The topological polar surface area (TPSA) is 84.6 Å². The SMILES string of the molecule is COc1ccc(O)c(NC(=O)C(C)(C)C(C)(C)N)c1. The number of amides is 1. The van der Waals surface area contributed by atoms with Crippen molar-refractivity contribution in [2.45, 2.75) is 33.2 Å². The number of methoxy groups -OCH3 is 1. The highest BCUT2D eigenvalue weighted by Crippen LogP contribution is 2.33. The van der Waals surface area contributed by atoms with E-state index in [1.54, 1.807) is 39.8 Å². The molecule has 0 aliphatic carbocycles. The third-order valence-electron chi connectivity index (χ3n) is 3.63. The predicted octanol–water partition coefficient (Wildman–Crippen LogP) is 2.10. The molecule has 0 unspecified atom stereocenters. The molecule has 0 heterocycles. The van der Waals surface area contributed by atoms with E-state index < -0.39 is 11.0 Å². The van der Waals surface area contributed by atoms with Crippen molar-refractivity contribution in [2.75, 3.05) is 12.4 Å². The molecule has 1 rings (SSSR count). The van der Waals surface area contributed by atoms with Gasteiger partial charge < -0.3 is 20.9 Å². The van der Waals surface area contributed by atoms with Crippen LogP contribution in [0.3, 0.4) is 0 Å². The fourth-order valence-electron chi connectivity index (χ4n) is 1.31. The van der Waals surface area contributed by atoms with Crippen LogP contribution in [0.1, 0.15) is 27.7 Å². The first kappa shape index (κ1) is 15.3. The van der Waals surface area contributed by atoms with E-state index in [1.165, 1.54) is 13.2 Å². The van der Waals surface area contributed by atoms with Gasteiger partial charge >= 0.3 is 0 Å². The van der Waals surface area contributed by atoms with Gasteiger partial charge in [0.25, 0.3) is 0 Å². The highest BCUT2D eigenvalue weighted by atomic mass is 16.5. The molecule has 0 atom stereocenters. The first-order valence-corrected chi connectivity index (χ1v) is 6.07. The minimum absolute atomic E-state index is 0.0141. The molecule has 0 aliphatic rings. The number of anilines is 1. The van der Waals surface area contributed by atoms with Crippen molar-refractivity contribution >= 4 is 11.6 Å². The Balaban J connectivity index is 3.00. The van der Waals surface area contributed by atoms with E-state index in [-0.39, 0.29) is 11.7 Å². The number of hydrogen-bond acceptors (Lipinski definition) is 4. The zero-order chi connectivity index (χ0) is 14.8. The lowest BCUT2D eigenvalue weighted by molar-refractivity contribution is -0.126. The van der Waals surface area contributed by atoms with Gasteiger partial charge in [0.05, 0.1) is 18.2 Å². The third kappa shape index (κ3) is 3.17. The van der Waals surface area contributed by atoms with Crippen molar-refractivity contribution in [3.8, 4) is 11.5 Å². The van der Waals surface area contributed by atoms with Crippen LogP contribution < -0.4 is 15.8 Å². The molecule has 0 saturated heterocycles. The maximum atomic E-state index is 12.3. The number of nitrogens with two attached hydrogens (primary N) is 1. The lowest BCUT2D eigenvalue weighted by atomic mass is 9.74. The van der Waals surface area contributed by atoms with E-state index in [2.05, 4.69) is 5.32 Å². The number of carbonyl (C=O) groups is 1. The van der Waals surface area contributed by atoms with Gasteiger partial charge in [-0.2, -0.15) is 0 Å². The largest absolute Gasteiger partial charge is 0.506 e. The van der Waals surface area contributed by atoms with Crippen LogP contribution in [0.25, 0.3) is 0 Å². The van der Waals surface area contributed by atoms with Crippen LogP contribution in [0.4, 0.5) is 5.69 Å². The van der Waals surface area contributed by atoms with Crippen molar-refractivity contribution in [3.05, 3.63) is 18.2 Å². The van der Waals surface area contributed by atoms with Gasteiger partial charge in [-0.05, 0) is 39.8 Å². The lowest BCUT2D eigenvalue weighted by Gasteiger charge is -2.36. The van der Waals surface area contributed by atoms with Gasteiger partial charge in [-0.15, -0.1) is 0 Å². The Morgan fingerprint density at radius 1 is 1.32 bits per heavy atom. The predicted molar refractivity (Wildman–Crippen MR) is 75.3 cm³/mol. The molecule has 0 saturated carbocycles. The Morgan fingerprint density at radius 2 is 1.89 bits per heavy atom. The van der Waals surface area contributed by atoms with Crippen LogP contribution in [0, 0.1) is 5.41 Å². The molecule has 1 amide bonds. The molecular weight excluding hydrogens is 244 g/mol. The van der Waals surface area contributed by atoms with Crippen molar-refractivity contribution in [3.63, 3.8) is 0 Å². The fraction of sp³-hybridized carbons (Fsp3) is 0.500. The van der Waals surface area contributed by atoms with Gasteiger partial charge in [-0.25, -0.2) is 0 Å². The normalized spacial score (nSPS) is 12.1. The number of benzene rings is 1. The Hall–Kier alpha value is -1.75. The van der Waals surface area contributed by atoms with Crippen molar-refractivity contribution in [2.24, 2.45) is 11.1 Å². The summed E-state index contributed by atoms with van der Waals surface area (Å²) in [7, 11) is 1.52. The minimum Gasteiger partial charge on any atom is -0.506 e. The van der Waals surface area contributed by atoms with E-state index in [4.69, 9.17) is 10.5 Å². The summed E-state index contributed by atoms with van der Waals surface area (Å²) in [6, 6.07) is 4.64. The van der Waals surface area contributed by atoms with Crippen LogP contribution in [0.5, 0.6) is 11.5 Å². The molecule has 19 heavy (non-hydrogen) atoms. The van der Waals surface area contributed by atoms with Gasteiger partial charge in [0.15, 0.2) is 0 Å². The summed E-state index contributed by atoms with van der Waals surface area (Å²) in [4.78, 5) is 12.3. The molecule has 0 spiro atoms. The molecule has 0 fully saturated rings. The molecule has 4 N–H and O–H groups in total. The van der Waals surface area contributed by atoms with Gasteiger partial charge in [0.2, 0.25) is 5.91 Å². The zero-order valence-corrected chi connectivity index (χ0v) is 12.1. The van der Waals surface area contributed by atoms with Crippen molar-refractivity contribution in [1.82, 2.24) is 0 Å². The summed E-state index contributed by atoms with van der Waals surface area (Å²) < 4.78 is 5.06. The molecule has 1 aromatic rings. The number of nitrogens with one attached hydrogen (secondary N) is 1. The van der Waals surface area contributed by atoms with E-state index in [0.29, 0.717) is 11.4 Å². The second-order valence-electron chi connectivity index (χ2n) is 5.68. The molecule has 0 bridgehead atoms. The highest BCUT2D eigenvalue weighted by Gasteiger charge is 2.40. The molecule has 5 heteroatoms. The Morgan fingerprint density at radius 3 is 2.37 bits per heavy atom. The Labute approximate surface area is 113 Å². The van der Waals surface area contributed by atoms with Crippen LogP contribution in [0.2, 0.25) is 0 Å². The summed E-state index contributed by atoms with van der Waals surface area (Å²) >= 11 is 0. The summed E-state index contributed by atoms with van der Waals surface area (Å²) in [5.41, 5.74) is 4.84. The standard InChI is InChI=1S/C14H22N2O3/c1-13(2,14(3,4)15)12(18)16-10-8-9(19-5)6-7-11(10)17/h6-8,17H,15H2,1-5H3,(H,16,18).